The van der Waals surface area contributed by atoms with E-state index in [1.807, 2.05) is 0 Å². The predicted molar refractivity (Wildman–Crippen MR) is 67.3 cm³/mol. The highest BCUT2D eigenvalue weighted by molar-refractivity contribution is 4.93. The Morgan fingerprint density at radius 3 is 2.19 bits per heavy atom. The van der Waals surface area contributed by atoms with Gasteiger partial charge in [0.25, 0.3) is 0 Å². The first-order chi connectivity index (χ1) is 7.40. The Hall–Kier alpha value is -0.0800. The standard InChI is InChI=1S/C14H27NO/c1-10-7-15(8-11(10)2)9-12-5-6-14(3,4)13(12)16/h10-13,16H,5-9H2,1-4H3. The van der Waals surface area contributed by atoms with Gasteiger partial charge in [0.15, 0.2) is 0 Å². The Balaban J connectivity index is 1.88. The maximum absolute atomic E-state index is 10.3. The molecule has 2 aliphatic rings. The first-order valence-electron chi connectivity index (χ1n) is 6.80. The van der Waals surface area contributed by atoms with Gasteiger partial charge in [0.1, 0.15) is 0 Å². The summed E-state index contributed by atoms with van der Waals surface area (Å²) in [5.74, 6) is 2.16. The van der Waals surface area contributed by atoms with Crippen LogP contribution in [0.1, 0.15) is 40.5 Å². The molecule has 94 valence electrons. The third-order valence-electron chi connectivity index (χ3n) is 4.96. The lowest BCUT2D eigenvalue weighted by Gasteiger charge is -2.28. The molecule has 1 heterocycles. The molecule has 1 saturated carbocycles. The topological polar surface area (TPSA) is 23.5 Å². The molecule has 0 amide bonds. The molecule has 0 aromatic heterocycles. The fourth-order valence-corrected chi connectivity index (χ4v) is 3.42. The van der Waals surface area contributed by atoms with Crippen molar-refractivity contribution in [1.82, 2.24) is 4.90 Å². The van der Waals surface area contributed by atoms with E-state index in [0.717, 1.165) is 18.4 Å². The van der Waals surface area contributed by atoms with E-state index in [4.69, 9.17) is 0 Å². The number of nitrogens with zero attached hydrogens (tertiary/aromatic N) is 1. The van der Waals surface area contributed by atoms with Crippen LogP contribution in [0.2, 0.25) is 0 Å². The van der Waals surface area contributed by atoms with E-state index >= 15 is 0 Å². The van der Waals surface area contributed by atoms with Crippen LogP contribution in [0.15, 0.2) is 0 Å². The highest BCUT2D eigenvalue weighted by Crippen LogP contribution is 2.42. The zero-order valence-electron chi connectivity index (χ0n) is 11.2. The number of rotatable bonds is 2. The molecule has 2 rings (SSSR count). The SMILES string of the molecule is CC1CN(CC2CCC(C)(C)C2O)CC1C. The summed E-state index contributed by atoms with van der Waals surface area (Å²) < 4.78 is 0. The van der Waals surface area contributed by atoms with Crippen molar-refractivity contribution in [3.05, 3.63) is 0 Å². The van der Waals surface area contributed by atoms with Crippen LogP contribution in [0.25, 0.3) is 0 Å². The summed E-state index contributed by atoms with van der Waals surface area (Å²) in [7, 11) is 0. The second-order valence-electron chi connectivity index (χ2n) is 6.91. The van der Waals surface area contributed by atoms with Gasteiger partial charge in [-0.15, -0.1) is 0 Å². The van der Waals surface area contributed by atoms with E-state index in [2.05, 4.69) is 32.6 Å². The van der Waals surface area contributed by atoms with Gasteiger partial charge in [0.2, 0.25) is 0 Å². The summed E-state index contributed by atoms with van der Waals surface area (Å²) in [6, 6.07) is 0. The van der Waals surface area contributed by atoms with Gasteiger partial charge in [-0.1, -0.05) is 27.7 Å². The number of likely N-dealkylation sites (tertiary alicyclic amines) is 1. The van der Waals surface area contributed by atoms with Crippen molar-refractivity contribution in [2.24, 2.45) is 23.2 Å². The normalized spacial score (nSPS) is 44.1. The molecule has 16 heavy (non-hydrogen) atoms. The van der Waals surface area contributed by atoms with Crippen LogP contribution in [0.3, 0.4) is 0 Å². The van der Waals surface area contributed by atoms with Crippen molar-refractivity contribution in [2.75, 3.05) is 19.6 Å². The molecule has 2 heteroatoms. The molecule has 1 aliphatic heterocycles. The summed E-state index contributed by atoms with van der Waals surface area (Å²) in [6.45, 7) is 12.7. The van der Waals surface area contributed by atoms with Gasteiger partial charge in [0.05, 0.1) is 6.10 Å². The second kappa shape index (κ2) is 4.30. The minimum absolute atomic E-state index is 0.0984. The molecule has 1 aliphatic carbocycles. The van der Waals surface area contributed by atoms with Crippen LogP contribution >= 0.6 is 0 Å². The Morgan fingerprint density at radius 1 is 1.19 bits per heavy atom. The average molecular weight is 225 g/mol. The zero-order chi connectivity index (χ0) is 11.9. The van der Waals surface area contributed by atoms with Gasteiger partial charge in [-0.05, 0) is 36.0 Å². The van der Waals surface area contributed by atoms with Crippen molar-refractivity contribution in [3.63, 3.8) is 0 Å². The minimum Gasteiger partial charge on any atom is -0.392 e. The Labute approximate surface area is 100 Å². The maximum atomic E-state index is 10.3. The van der Waals surface area contributed by atoms with Gasteiger partial charge in [0, 0.05) is 19.6 Å². The molecule has 4 unspecified atom stereocenters. The van der Waals surface area contributed by atoms with E-state index in [9.17, 15) is 5.11 Å². The van der Waals surface area contributed by atoms with Gasteiger partial charge in [-0.3, -0.25) is 0 Å². The third kappa shape index (κ3) is 2.28. The first-order valence-corrected chi connectivity index (χ1v) is 6.80. The molecule has 0 aromatic carbocycles. The molecular formula is C14H27NO. The Bertz CT molecular complexity index is 241. The molecule has 1 N–H and O–H groups in total. The van der Waals surface area contributed by atoms with E-state index < -0.39 is 0 Å². The lowest BCUT2D eigenvalue weighted by atomic mass is 9.87. The summed E-state index contributed by atoms with van der Waals surface area (Å²) in [6.07, 6.45) is 2.28. The second-order valence-corrected chi connectivity index (χ2v) is 6.91. The van der Waals surface area contributed by atoms with E-state index in [1.165, 1.54) is 25.9 Å². The molecule has 0 bridgehead atoms. The molecule has 0 spiro atoms. The fraction of sp³-hybridized carbons (Fsp3) is 1.00. The molecule has 1 saturated heterocycles. The van der Waals surface area contributed by atoms with Crippen molar-refractivity contribution in [3.8, 4) is 0 Å². The molecule has 0 aromatic rings. The van der Waals surface area contributed by atoms with Crippen molar-refractivity contribution in [1.29, 1.82) is 0 Å². The number of aliphatic hydroxyl groups excluding tert-OH is 1. The highest BCUT2D eigenvalue weighted by Gasteiger charge is 2.42. The van der Waals surface area contributed by atoms with Crippen LogP contribution in [0, 0.1) is 23.2 Å². The van der Waals surface area contributed by atoms with E-state index in [-0.39, 0.29) is 11.5 Å². The van der Waals surface area contributed by atoms with Gasteiger partial charge in [-0.2, -0.15) is 0 Å². The van der Waals surface area contributed by atoms with E-state index in [0.29, 0.717) is 5.92 Å². The lowest BCUT2D eigenvalue weighted by molar-refractivity contribution is 0.0348. The highest BCUT2D eigenvalue weighted by atomic mass is 16.3. The fourth-order valence-electron chi connectivity index (χ4n) is 3.42. The number of hydrogen-bond acceptors (Lipinski definition) is 2. The van der Waals surface area contributed by atoms with Gasteiger partial charge >= 0.3 is 0 Å². The Morgan fingerprint density at radius 2 is 1.75 bits per heavy atom. The number of hydrogen-bond donors (Lipinski definition) is 1. The van der Waals surface area contributed by atoms with Crippen LogP contribution in [0.4, 0.5) is 0 Å². The minimum atomic E-state index is -0.0984. The van der Waals surface area contributed by atoms with Crippen LogP contribution in [-0.2, 0) is 0 Å². The Kier molecular flexibility index (Phi) is 3.33. The largest absolute Gasteiger partial charge is 0.392 e. The summed E-state index contributed by atoms with van der Waals surface area (Å²) in [5, 5.41) is 10.3. The molecule has 2 nitrogen and oxygen atoms in total. The van der Waals surface area contributed by atoms with Gasteiger partial charge in [-0.25, -0.2) is 0 Å². The zero-order valence-corrected chi connectivity index (χ0v) is 11.2. The quantitative estimate of drug-likeness (QED) is 0.780. The van der Waals surface area contributed by atoms with Crippen molar-refractivity contribution < 1.29 is 5.11 Å². The summed E-state index contributed by atoms with van der Waals surface area (Å²) in [4.78, 5) is 2.56. The van der Waals surface area contributed by atoms with Gasteiger partial charge < -0.3 is 10.0 Å². The van der Waals surface area contributed by atoms with Crippen LogP contribution < -0.4 is 0 Å². The average Bonchev–Trinajstić information content (AvgIpc) is 2.62. The van der Waals surface area contributed by atoms with Crippen molar-refractivity contribution >= 4 is 0 Å². The lowest BCUT2D eigenvalue weighted by Crippen LogP contribution is -2.35. The molecule has 0 radical (unpaired) electrons. The third-order valence-corrected chi connectivity index (χ3v) is 4.96. The summed E-state index contributed by atoms with van der Waals surface area (Å²) >= 11 is 0. The molecule has 2 fully saturated rings. The maximum Gasteiger partial charge on any atom is 0.0631 e. The van der Waals surface area contributed by atoms with Crippen LogP contribution in [0.5, 0.6) is 0 Å². The first kappa shape index (κ1) is 12.4. The van der Waals surface area contributed by atoms with Crippen LogP contribution in [-0.4, -0.2) is 35.7 Å². The molecular weight excluding hydrogens is 198 g/mol. The number of aliphatic hydroxyl groups is 1. The monoisotopic (exact) mass is 225 g/mol. The van der Waals surface area contributed by atoms with Crippen molar-refractivity contribution in [2.45, 2.75) is 46.6 Å². The van der Waals surface area contributed by atoms with E-state index in [1.54, 1.807) is 0 Å². The summed E-state index contributed by atoms with van der Waals surface area (Å²) in [5.41, 5.74) is 0.140. The molecule has 4 atom stereocenters. The predicted octanol–water partition coefficient (Wildman–Crippen LogP) is 2.37. The smallest absolute Gasteiger partial charge is 0.0631 e.